The fraction of sp³-hybridized carbons (Fsp3) is 0.875. The fourth-order valence-electron chi connectivity index (χ4n) is 0.974. The first kappa shape index (κ1) is 14.8. The number of unbranched alkanes of at least 4 members (excludes halogenated alkanes) is 2. The molecule has 0 heterocycles. The Hall–Kier alpha value is 0.270. The quantitative estimate of drug-likeness (QED) is 0.390. The number of carbonyl (C=O) groups excluding carboxylic acids is 1. The molecule has 66 valence electrons. The van der Waals surface area contributed by atoms with E-state index in [9.17, 15) is 9.90 Å². The summed E-state index contributed by atoms with van der Waals surface area (Å²) in [6, 6.07) is 0.0338. The van der Waals surface area contributed by atoms with Crippen LogP contribution in [0.1, 0.15) is 39.5 Å². The molecule has 1 amide bonds. The van der Waals surface area contributed by atoms with Gasteiger partial charge in [-0.3, -0.25) is 0 Å². The van der Waals surface area contributed by atoms with Gasteiger partial charge in [0.1, 0.15) is 6.09 Å². The maximum Gasteiger partial charge on any atom is 1.00 e. The average molecular weight is 181 g/mol. The molecule has 3 nitrogen and oxygen atoms in total. The molecule has 1 N–H and O–H groups in total. The number of nitrogens with one attached hydrogen (secondary N) is 1. The van der Waals surface area contributed by atoms with E-state index in [2.05, 4.69) is 12.2 Å². The molecule has 0 rings (SSSR count). The summed E-state index contributed by atoms with van der Waals surface area (Å²) >= 11 is 0. The van der Waals surface area contributed by atoms with Crippen molar-refractivity contribution in [3.05, 3.63) is 0 Å². The molecule has 0 bridgehead atoms. The molecule has 1 unspecified atom stereocenters. The molecular formula is C8H16NNaO2. The van der Waals surface area contributed by atoms with Gasteiger partial charge in [-0.1, -0.05) is 26.2 Å². The molecule has 12 heavy (non-hydrogen) atoms. The summed E-state index contributed by atoms with van der Waals surface area (Å²) in [4.78, 5) is 10.0. The summed E-state index contributed by atoms with van der Waals surface area (Å²) < 4.78 is 0. The Morgan fingerprint density at radius 1 is 1.50 bits per heavy atom. The Labute approximate surface area is 96.2 Å². The van der Waals surface area contributed by atoms with E-state index in [1.54, 1.807) is 0 Å². The maximum atomic E-state index is 10.0. The second-order valence-electron chi connectivity index (χ2n) is 2.83. The normalized spacial score (nSPS) is 11.5. The van der Waals surface area contributed by atoms with Crippen molar-refractivity contribution in [2.75, 3.05) is 0 Å². The van der Waals surface area contributed by atoms with Gasteiger partial charge >= 0.3 is 29.6 Å². The van der Waals surface area contributed by atoms with Crippen LogP contribution in [0, 0.1) is 0 Å². The van der Waals surface area contributed by atoms with Crippen LogP contribution >= 0.6 is 0 Å². The maximum absolute atomic E-state index is 10.0. The van der Waals surface area contributed by atoms with E-state index in [1.165, 1.54) is 6.42 Å². The van der Waals surface area contributed by atoms with Crippen LogP contribution in [0.4, 0.5) is 4.79 Å². The van der Waals surface area contributed by atoms with Crippen LogP contribution in [0.2, 0.25) is 0 Å². The predicted molar refractivity (Wildman–Crippen MR) is 42.1 cm³/mol. The second-order valence-corrected chi connectivity index (χ2v) is 2.83. The zero-order valence-electron chi connectivity index (χ0n) is 8.22. The summed E-state index contributed by atoms with van der Waals surface area (Å²) in [5.41, 5.74) is 0. The van der Waals surface area contributed by atoms with Crippen LogP contribution in [-0.4, -0.2) is 12.1 Å². The molecule has 0 aromatic carbocycles. The minimum atomic E-state index is -1.17. The van der Waals surface area contributed by atoms with Crippen LogP contribution < -0.4 is 40.0 Å². The smallest absolute Gasteiger partial charge is 0.530 e. The number of carboxylic acid groups (broad SMARTS) is 1. The SMILES string of the molecule is CCCCCC(C)NC(=O)[O-].[Na+]. The topological polar surface area (TPSA) is 52.2 Å². The second kappa shape index (κ2) is 9.36. The Balaban J connectivity index is 0. The van der Waals surface area contributed by atoms with E-state index < -0.39 is 6.09 Å². The molecular weight excluding hydrogens is 165 g/mol. The molecule has 0 aliphatic rings. The number of carbonyl (C=O) groups is 1. The number of amides is 1. The van der Waals surface area contributed by atoms with E-state index in [4.69, 9.17) is 0 Å². The van der Waals surface area contributed by atoms with E-state index in [0.29, 0.717) is 0 Å². The molecule has 0 saturated heterocycles. The zero-order valence-corrected chi connectivity index (χ0v) is 10.2. The fourth-order valence-corrected chi connectivity index (χ4v) is 0.974. The van der Waals surface area contributed by atoms with Crippen molar-refractivity contribution in [1.82, 2.24) is 5.32 Å². The summed E-state index contributed by atoms with van der Waals surface area (Å²) in [5.74, 6) is 0. The van der Waals surface area contributed by atoms with Gasteiger partial charge in [-0.2, -0.15) is 0 Å². The molecule has 0 fully saturated rings. The van der Waals surface area contributed by atoms with Gasteiger partial charge < -0.3 is 15.2 Å². The molecule has 1 atom stereocenters. The monoisotopic (exact) mass is 181 g/mol. The van der Waals surface area contributed by atoms with Gasteiger partial charge in [0.2, 0.25) is 0 Å². The minimum Gasteiger partial charge on any atom is -0.530 e. The zero-order chi connectivity index (χ0) is 8.69. The molecule has 0 aliphatic heterocycles. The van der Waals surface area contributed by atoms with Crippen LogP contribution in [-0.2, 0) is 0 Å². The van der Waals surface area contributed by atoms with Crippen LogP contribution in [0.15, 0.2) is 0 Å². The average Bonchev–Trinajstić information content (AvgIpc) is 1.86. The van der Waals surface area contributed by atoms with Crippen molar-refractivity contribution < 1.29 is 39.5 Å². The van der Waals surface area contributed by atoms with Gasteiger partial charge in [-0.05, 0) is 13.3 Å². The van der Waals surface area contributed by atoms with Crippen molar-refractivity contribution in [2.24, 2.45) is 0 Å². The third kappa shape index (κ3) is 10.3. The molecule has 0 aromatic rings. The Morgan fingerprint density at radius 2 is 2.08 bits per heavy atom. The van der Waals surface area contributed by atoms with E-state index in [1.807, 2.05) is 6.92 Å². The molecule has 0 aromatic heterocycles. The van der Waals surface area contributed by atoms with Crippen molar-refractivity contribution in [3.8, 4) is 0 Å². The van der Waals surface area contributed by atoms with Crippen LogP contribution in [0.5, 0.6) is 0 Å². The third-order valence-corrected chi connectivity index (χ3v) is 1.60. The van der Waals surface area contributed by atoms with E-state index in [-0.39, 0.29) is 35.6 Å². The van der Waals surface area contributed by atoms with Crippen molar-refractivity contribution in [2.45, 2.75) is 45.6 Å². The molecule has 4 heteroatoms. The van der Waals surface area contributed by atoms with Gasteiger partial charge in [-0.25, -0.2) is 0 Å². The third-order valence-electron chi connectivity index (χ3n) is 1.60. The standard InChI is InChI=1S/C8H17NO2.Na/c1-3-4-5-6-7(2)9-8(10)11;/h7,9H,3-6H2,1-2H3,(H,10,11);/q;+1/p-1. The van der Waals surface area contributed by atoms with Gasteiger partial charge in [0.15, 0.2) is 0 Å². The predicted octanol–water partition coefficient (Wildman–Crippen LogP) is -2.11. The largest absolute Gasteiger partial charge is 1.00 e. The summed E-state index contributed by atoms with van der Waals surface area (Å²) in [6.45, 7) is 3.97. The first-order chi connectivity index (χ1) is 5.16. The molecule has 0 spiro atoms. The Bertz CT molecular complexity index is 120. The number of hydrogen-bond acceptors (Lipinski definition) is 2. The summed E-state index contributed by atoms with van der Waals surface area (Å²) in [6.07, 6.45) is 3.14. The number of hydrogen-bond donors (Lipinski definition) is 1. The van der Waals surface area contributed by atoms with Gasteiger partial charge in [0.25, 0.3) is 0 Å². The van der Waals surface area contributed by atoms with Gasteiger partial charge in [0, 0.05) is 6.04 Å². The van der Waals surface area contributed by atoms with Crippen LogP contribution in [0.3, 0.4) is 0 Å². The van der Waals surface area contributed by atoms with E-state index in [0.717, 1.165) is 19.3 Å². The first-order valence-electron chi connectivity index (χ1n) is 4.14. The van der Waals surface area contributed by atoms with E-state index >= 15 is 0 Å². The van der Waals surface area contributed by atoms with Crippen molar-refractivity contribution in [1.29, 1.82) is 0 Å². The minimum absolute atomic E-state index is 0. The molecule has 0 radical (unpaired) electrons. The first-order valence-corrected chi connectivity index (χ1v) is 4.14. The van der Waals surface area contributed by atoms with Gasteiger partial charge in [0.05, 0.1) is 0 Å². The molecule has 0 saturated carbocycles. The van der Waals surface area contributed by atoms with Gasteiger partial charge in [-0.15, -0.1) is 0 Å². The Morgan fingerprint density at radius 3 is 2.50 bits per heavy atom. The van der Waals surface area contributed by atoms with Crippen molar-refractivity contribution in [3.63, 3.8) is 0 Å². The number of rotatable bonds is 5. The molecule has 0 aliphatic carbocycles. The summed E-state index contributed by atoms with van der Waals surface area (Å²) in [5, 5.41) is 12.3. The van der Waals surface area contributed by atoms with Crippen molar-refractivity contribution >= 4 is 6.09 Å². The Kier molecular flexibility index (Phi) is 11.5. The summed E-state index contributed by atoms with van der Waals surface area (Å²) in [7, 11) is 0. The van der Waals surface area contributed by atoms with Crippen LogP contribution in [0.25, 0.3) is 0 Å².